The van der Waals surface area contributed by atoms with E-state index in [0.29, 0.717) is 6.04 Å². The molecule has 0 aliphatic carbocycles. The van der Waals surface area contributed by atoms with Gasteiger partial charge in [0.05, 0.1) is 0 Å². The lowest BCUT2D eigenvalue weighted by molar-refractivity contribution is -0.149. The highest BCUT2D eigenvalue weighted by molar-refractivity contribution is 5.75. The second-order valence-corrected chi connectivity index (χ2v) is 11.7. The molecule has 2 saturated heterocycles. The van der Waals surface area contributed by atoms with Crippen molar-refractivity contribution >= 4 is 5.91 Å². The molecule has 176 valence electrons. The summed E-state index contributed by atoms with van der Waals surface area (Å²) in [5, 5.41) is 0. The first kappa shape index (κ1) is 25.7. The predicted molar refractivity (Wildman–Crippen MR) is 130 cm³/mol. The van der Waals surface area contributed by atoms with Crippen molar-refractivity contribution in [2.45, 2.75) is 149 Å². The molecule has 3 nitrogen and oxygen atoms in total. The minimum Gasteiger partial charge on any atom is -0.333 e. The Morgan fingerprint density at radius 3 is 1.83 bits per heavy atom. The minimum absolute atomic E-state index is 0.0487. The van der Waals surface area contributed by atoms with Gasteiger partial charge in [-0.2, -0.15) is 0 Å². The Balaban J connectivity index is 1.64. The Labute approximate surface area is 188 Å². The van der Waals surface area contributed by atoms with Crippen LogP contribution in [0.1, 0.15) is 131 Å². The molecule has 0 aromatic carbocycles. The van der Waals surface area contributed by atoms with Gasteiger partial charge in [0, 0.05) is 30.6 Å². The number of hydrogen-bond acceptors (Lipinski definition) is 2. The van der Waals surface area contributed by atoms with Crippen molar-refractivity contribution in [2.24, 2.45) is 5.92 Å². The third-order valence-corrected chi connectivity index (χ3v) is 7.80. The largest absolute Gasteiger partial charge is 0.333 e. The van der Waals surface area contributed by atoms with E-state index in [0.717, 1.165) is 18.8 Å². The molecule has 2 aliphatic heterocycles. The van der Waals surface area contributed by atoms with E-state index in [-0.39, 0.29) is 17.0 Å². The van der Waals surface area contributed by atoms with Crippen LogP contribution in [-0.2, 0) is 4.79 Å². The number of nitrogens with zero attached hydrogens (tertiary/aromatic N) is 2. The van der Waals surface area contributed by atoms with Crippen molar-refractivity contribution in [3.8, 4) is 0 Å². The van der Waals surface area contributed by atoms with Gasteiger partial charge >= 0.3 is 0 Å². The third kappa shape index (κ3) is 7.53. The lowest BCUT2D eigenvalue weighted by atomic mass is 9.76. The summed E-state index contributed by atoms with van der Waals surface area (Å²) in [4.78, 5) is 17.2. The van der Waals surface area contributed by atoms with Crippen molar-refractivity contribution in [1.82, 2.24) is 9.80 Å². The molecule has 0 aromatic heterocycles. The zero-order chi connectivity index (χ0) is 22.2. The number of carbonyl (C=O) groups is 1. The molecule has 2 fully saturated rings. The fraction of sp³-hybridized carbons (Fsp3) is 0.963. The minimum atomic E-state index is -0.0487. The van der Waals surface area contributed by atoms with Crippen LogP contribution >= 0.6 is 0 Å². The molecule has 0 spiro atoms. The molecule has 2 heterocycles. The average molecular weight is 421 g/mol. The summed E-state index contributed by atoms with van der Waals surface area (Å²) in [5.41, 5.74) is -0.0975. The van der Waals surface area contributed by atoms with E-state index in [1.165, 1.54) is 90.1 Å². The first-order chi connectivity index (χ1) is 14.2. The van der Waals surface area contributed by atoms with Crippen molar-refractivity contribution in [1.29, 1.82) is 0 Å². The molecular weight excluding hydrogens is 368 g/mol. The van der Waals surface area contributed by atoms with Gasteiger partial charge in [0.15, 0.2) is 0 Å². The van der Waals surface area contributed by atoms with Crippen molar-refractivity contribution in [2.75, 3.05) is 13.1 Å². The maximum absolute atomic E-state index is 12.3. The van der Waals surface area contributed by atoms with Crippen molar-refractivity contribution in [3.05, 3.63) is 0 Å². The SMILES string of the molecule is CCCCCCCCCCCCC1CCN(C2CC(C)(C)N(C(C)=O)C(C)(C)C2)C1. The fourth-order valence-corrected chi connectivity index (χ4v) is 6.69. The Kier molecular flexibility index (Phi) is 10.2. The molecule has 2 aliphatic rings. The van der Waals surface area contributed by atoms with Crippen LogP contribution in [0, 0.1) is 5.92 Å². The summed E-state index contributed by atoms with van der Waals surface area (Å²) < 4.78 is 0. The number of rotatable bonds is 12. The number of piperidine rings is 1. The van der Waals surface area contributed by atoms with E-state index in [2.05, 4.69) is 44.4 Å². The summed E-state index contributed by atoms with van der Waals surface area (Å²) in [6, 6.07) is 0.628. The zero-order valence-corrected chi connectivity index (χ0v) is 21.3. The molecule has 0 N–H and O–H groups in total. The number of amides is 1. The Hall–Kier alpha value is -0.570. The van der Waals surface area contributed by atoms with Crippen LogP contribution in [0.3, 0.4) is 0 Å². The van der Waals surface area contributed by atoms with Gasteiger partial charge in [-0.3, -0.25) is 9.69 Å². The van der Waals surface area contributed by atoms with Gasteiger partial charge < -0.3 is 4.90 Å². The van der Waals surface area contributed by atoms with Crippen molar-refractivity contribution in [3.63, 3.8) is 0 Å². The first-order valence-electron chi connectivity index (χ1n) is 13.2. The van der Waals surface area contributed by atoms with E-state index in [1.807, 2.05) is 0 Å². The summed E-state index contributed by atoms with van der Waals surface area (Å²) in [6.45, 7) is 15.6. The maximum atomic E-state index is 12.3. The molecule has 0 aromatic rings. The lowest BCUT2D eigenvalue weighted by Crippen LogP contribution is -2.65. The molecular formula is C27H52N2O. The van der Waals surface area contributed by atoms with Crippen molar-refractivity contribution < 1.29 is 4.79 Å². The highest BCUT2D eigenvalue weighted by atomic mass is 16.2. The molecule has 1 unspecified atom stereocenters. The molecule has 0 radical (unpaired) electrons. The summed E-state index contributed by atoms with van der Waals surface area (Å²) >= 11 is 0. The zero-order valence-electron chi connectivity index (χ0n) is 21.3. The monoisotopic (exact) mass is 420 g/mol. The smallest absolute Gasteiger partial charge is 0.220 e. The van der Waals surface area contributed by atoms with Crippen LogP contribution < -0.4 is 0 Å². The molecule has 3 heteroatoms. The van der Waals surface area contributed by atoms with Crippen LogP contribution in [0.4, 0.5) is 0 Å². The van der Waals surface area contributed by atoms with E-state index in [4.69, 9.17) is 0 Å². The molecule has 30 heavy (non-hydrogen) atoms. The van der Waals surface area contributed by atoms with Gasteiger partial charge in [-0.25, -0.2) is 0 Å². The highest BCUT2D eigenvalue weighted by Crippen LogP contribution is 2.41. The summed E-state index contributed by atoms with van der Waals surface area (Å²) in [5.74, 6) is 1.12. The first-order valence-corrected chi connectivity index (χ1v) is 13.2. The quantitative estimate of drug-likeness (QED) is 0.312. The van der Waals surface area contributed by atoms with Crippen LogP contribution in [-0.4, -0.2) is 45.9 Å². The Morgan fingerprint density at radius 1 is 0.833 bits per heavy atom. The van der Waals surface area contributed by atoms with Gasteiger partial charge in [0.2, 0.25) is 5.91 Å². The number of unbranched alkanes of at least 4 members (excludes halogenated alkanes) is 9. The van der Waals surface area contributed by atoms with Crippen LogP contribution in [0.2, 0.25) is 0 Å². The maximum Gasteiger partial charge on any atom is 0.220 e. The van der Waals surface area contributed by atoms with E-state index in [9.17, 15) is 4.79 Å². The Morgan fingerprint density at radius 2 is 1.33 bits per heavy atom. The van der Waals surface area contributed by atoms with E-state index in [1.54, 1.807) is 6.92 Å². The fourth-order valence-electron chi connectivity index (χ4n) is 6.69. The van der Waals surface area contributed by atoms with E-state index >= 15 is 0 Å². The molecule has 0 bridgehead atoms. The topological polar surface area (TPSA) is 23.6 Å². The molecule has 1 atom stereocenters. The highest BCUT2D eigenvalue weighted by Gasteiger charge is 2.48. The molecule has 2 rings (SSSR count). The van der Waals surface area contributed by atoms with Crippen LogP contribution in [0.5, 0.6) is 0 Å². The Bertz CT molecular complexity index is 495. The van der Waals surface area contributed by atoms with E-state index < -0.39 is 0 Å². The number of carbonyl (C=O) groups excluding carboxylic acids is 1. The predicted octanol–water partition coefficient (Wildman–Crippen LogP) is 7.19. The van der Waals surface area contributed by atoms with Crippen LogP contribution in [0.25, 0.3) is 0 Å². The summed E-state index contributed by atoms with van der Waals surface area (Å²) in [7, 11) is 0. The van der Waals surface area contributed by atoms with Gasteiger partial charge in [-0.05, 0) is 65.8 Å². The second-order valence-electron chi connectivity index (χ2n) is 11.7. The molecule has 1 amide bonds. The van der Waals surface area contributed by atoms with Gasteiger partial charge in [-0.1, -0.05) is 71.1 Å². The lowest BCUT2D eigenvalue weighted by Gasteiger charge is -2.56. The standard InChI is InChI=1S/C27H52N2O/c1-7-8-9-10-11-12-13-14-15-16-17-24-18-19-28(22-24)25-20-26(3,4)29(23(2)30)27(5,6)21-25/h24-25H,7-22H2,1-6H3. The number of likely N-dealkylation sites (tertiary alicyclic amines) is 2. The second kappa shape index (κ2) is 11.9. The molecule has 0 saturated carbocycles. The summed E-state index contributed by atoms with van der Waals surface area (Å²) in [6.07, 6.45) is 19.3. The van der Waals surface area contributed by atoms with Crippen LogP contribution in [0.15, 0.2) is 0 Å². The normalized spacial score (nSPS) is 24.5. The average Bonchev–Trinajstić information content (AvgIpc) is 3.09. The van der Waals surface area contributed by atoms with Gasteiger partial charge in [0.25, 0.3) is 0 Å². The van der Waals surface area contributed by atoms with Gasteiger partial charge in [0.1, 0.15) is 0 Å². The third-order valence-electron chi connectivity index (χ3n) is 7.80. The number of hydrogen-bond donors (Lipinski definition) is 0. The van der Waals surface area contributed by atoms with Gasteiger partial charge in [-0.15, -0.1) is 0 Å².